The Balaban J connectivity index is 1.55. The van der Waals surface area contributed by atoms with E-state index in [1.54, 1.807) is 54.6 Å². The molecule has 1 aliphatic heterocycles. The van der Waals surface area contributed by atoms with Crippen molar-refractivity contribution in [3.63, 3.8) is 0 Å². The Labute approximate surface area is 226 Å². The Morgan fingerprint density at radius 2 is 1.69 bits per heavy atom. The molecule has 3 aromatic rings. The van der Waals surface area contributed by atoms with Crippen LogP contribution in [0.5, 0.6) is 17.2 Å². The molecule has 0 unspecified atom stereocenters. The molecule has 1 N–H and O–H groups in total. The standard InChI is InChI=1S/C30H29FN2O6/c1-3-5-15-38-24-12-10-23(11-13-24)33-29(35)25(28(34)32-30(33)36)17-20-9-14-26(27(18-20)37-4-2)39-19-21-7-6-8-22(31)16-21/h6-14,16-18H,3-5,15,19H2,1-2H3,(H,32,34,36)/b25-17-. The monoisotopic (exact) mass is 532 g/mol. The van der Waals surface area contributed by atoms with Crippen molar-refractivity contribution >= 4 is 29.6 Å². The van der Waals surface area contributed by atoms with Crippen molar-refractivity contribution < 1.29 is 33.0 Å². The summed E-state index contributed by atoms with van der Waals surface area (Å²) in [4.78, 5) is 39.3. The van der Waals surface area contributed by atoms with Gasteiger partial charge in [-0.05, 0) is 79.1 Å². The van der Waals surface area contributed by atoms with Gasteiger partial charge in [0.15, 0.2) is 11.5 Å². The van der Waals surface area contributed by atoms with E-state index in [2.05, 4.69) is 12.2 Å². The van der Waals surface area contributed by atoms with Gasteiger partial charge in [0.2, 0.25) is 0 Å². The third-order valence-corrected chi connectivity index (χ3v) is 5.83. The quantitative estimate of drug-likeness (QED) is 0.195. The van der Waals surface area contributed by atoms with Crippen molar-refractivity contribution in [1.29, 1.82) is 0 Å². The van der Waals surface area contributed by atoms with Gasteiger partial charge in [0.25, 0.3) is 11.8 Å². The molecule has 1 saturated heterocycles. The largest absolute Gasteiger partial charge is 0.494 e. The van der Waals surface area contributed by atoms with Crippen molar-refractivity contribution in [3.05, 3.63) is 89.2 Å². The molecular formula is C30H29FN2O6. The molecular weight excluding hydrogens is 503 g/mol. The molecule has 1 fully saturated rings. The van der Waals surface area contributed by atoms with E-state index >= 15 is 0 Å². The molecule has 202 valence electrons. The molecule has 0 atom stereocenters. The van der Waals surface area contributed by atoms with Gasteiger partial charge in [0.05, 0.1) is 18.9 Å². The molecule has 9 heteroatoms. The van der Waals surface area contributed by atoms with Gasteiger partial charge < -0.3 is 14.2 Å². The van der Waals surface area contributed by atoms with Crippen LogP contribution in [0.2, 0.25) is 0 Å². The first-order chi connectivity index (χ1) is 18.9. The summed E-state index contributed by atoms with van der Waals surface area (Å²) in [7, 11) is 0. The van der Waals surface area contributed by atoms with Gasteiger partial charge in [-0.15, -0.1) is 0 Å². The van der Waals surface area contributed by atoms with Crippen molar-refractivity contribution in [2.45, 2.75) is 33.3 Å². The van der Waals surface area contributed by atoms with E-state index in [4.69, 9.17) is 14.2 Å². The highest BCUT2D eigenvalue weighted by Crippen LogP contribution is 2.31. The first-order valence-electron chi connectivity index (χ1n) is 12.7. The maximum atomic E-state index is 13.5. The number of hydrogen-bond acceptors (Lipinski definition) is 6. The van der Waals surface area contributed by atoms with Gasteiger partial charge in [0.1, 0.15) is 23.7 Å². The average Bonchev–Trinajstić information content (AvgIpc) is 2.92. The second-order valence-electron chi connectivity index (χ2n) is 8.71. The molecule has 3 aromatic carbocycles. The van der Waals surface area contributed by atoms with Crippen LogP contribution in [0.4, 0.5) is 14.9 Å². The van der Waals surface area contributed by atoms with Gasteiger partial charge >= 0.3 is 6.03 Å². The first-order valence-corrected chi connectivity index (χ1v) is 12.7. The van der Waals surface area contributed by atoms with Crippen LogP contribution >= 0.6 is 0 Å². The fraction of sp³-hybridized carbons (Fsp3) is 0.233. The zero-order chi connectivity index (χ0) is 27.8. The number of unbranched alkanes of at least 4 members (excludes halogenated alkanes) is 1. The van der Waals surface area contributed by atoms with E-state index in [-0.39, 0.29) is 18.0 Å². The minimum Gasteiger partial charge on any atom is -0.494 e. The molecule has 0 aromatic heterocycles. The minimum atomic E-state index is -0.835. The number of hydrogen-bond donors (Lipinski definition) is 1. The van der Waals surface area contributed by atoms with Gasteiger partial charge in [0, 0.05) is 0 Å². The lowest BCUT2D eigenvalue weighted by Crippen LogP contribution is -2.54. The van der Waals surface area contributed by atoms with Gasteiger partial charge in [-0.3, -0.25) is 14.9 Å². The van der Waals surface area contributed by atoms with E-state index in [9.17, 15) is 18.8 Å². The number of barbiturate groups is 1. The van der Waals surface area contributed by atoms with Gasteiger partial charge in [-0.1, -0.05) is 31.5 Å². The molecule has 39 heavy (non-hydrogen) atoms. The van der Waals surface area contributed by atoms with Gasteiger partial charge in [-0.2, -0.15) is 0 Å². The van der Waals surface area contributed by atoms with Gasteiger partial charge in [-0.25, -0.2) is 14.1 Å². The molecule has 0 saturated carbocycles. The van der Waals surface area contributed by atoms with E-state index in [0.717, 1.165) is 17.7 Å². The minimum absolute atomic E-state index is 0.124. The maximum absolute atomic E-state index is 13.5. The second-order valence-corrected chi connectivity index (χ2v) is 8.71. The van der Waals surface area contributed by atoms with Crippen LogP contribution in [0.1, 0.15) is 37.8 Å². The average molecular weight is 533 g/mol. The lowest BCUT2D eigenvalue weighted by Gasteiger charge is -2.26. The van der Waals surface area contributed by atoms with Crippen LogP contribution in [0.3, 0.4) is 0 Å². The molecule has 4 amide bonds. The Morgan fingerprint density at radius 3 is 2.41 bits per heavy atom. The third-order valence-electron chi connectivity index (χ3n) is 5.83. The summed E-state index contributed by atoms with van der Waals surface area (Å²) in [5, 5.41) is 2.22. The second kappa shape index (κ2) is 12.7. The zero-order valence-corrected chi connectivity index (χ0v) is 21.7. The Hall–Kier alpha value is -4.66. The normalized spacial score (nSPS) is 14.4. The fourth-order valence-corrected chi connectivity index (χ4v) is 3.87. The number of carbonyl (C=O) groups excluding carboxylic acids is 3. The topological polar surface area (TPSA) is 94.2 Å². The summed E-state index contributed by atoms with van der Waals surface area (Å²) in [5.41, 5.74) is 1.23. The number of nitrogens with one attached hydrogen (secondary N) is 1. The predicted molar refractivity (Wildman–Crippen MR) is 144 cm³/mol. The van der Waals surface area contributed by atoms with Crippen LogP contribution in [-0.4, -0.2) is 31.1 Å². The number of urea groups is 1. The van der Waals surface area contributed by atoms with E-state index < -0.39 is 17.8 Å². The Morgan fingerprint density at radius 1 is 0.897 bits per heavy atom. The molecule has 1 aliphatic rings. The molecule has 0 radical (unpaired) electrons. The first kappa shape index (κ1) is 27.4. The summed E-state index contributed by atoms with van der Waals surface area (Å²) in [5.74, 6) is -0.494. The van der Waals surface area contributed by atoms with E-state index in [1.165, 1.54) is 18.2 Å². The van der Waals surface area contributed by atoms with Crippen LogP contribution in [0.25, 0.3) is 6.08 Å². The number of ether oxygens (including phenoxy) is 3. The van der Waals surface area contributed by atoms with Crippen LogP contribution in [0, 0.1) is 5.82 Å². The number of amides is 4. The smallest absolute Gasteiger partial charge is 0.335 e. The molecule has 0 aliphatic carbocycles. The van der Waals surface area contributed by atoms with Crippen LogP contribution in [-0.2, 0) is 16.2 Å². The molecule has 8 nitrogen and oxygen atoms in total. The maximum Gasteiger partial charge on any atom is 0.335 e. The lowest BCUT2D eigenvalue weighted by atomic mass is 10.1. The highest BCUT2D eigenvalue weighted by Gasteiger charge is 2.36. The molecule has 4 rings (SSSR count). The Kier molecular flexibility index (Phi) is 8.94. The summed E-state index contributed by atoms with van der Waals surface area (Å²) in [6, 6.07) is 16.7. The summed E-state index contributed by atoms with van der Waals surface area (Å²) in [6.45, 7) is 4.91. The summed E-state index contributed by atoms with van der Waals surface area (Å²) in [6.07, 6.45) is 3.30. The van der Waals surface area contributed by atoms with E-state index in [1.807, 2.05) is 6.92 Å². The fourth-order valence-electron chi connectivity index (χ4n) is 3.87. The van der Waals surface area contributed by atoms with Crippen molar-refractivity contribution in [3.8, 4) is 17.2 Å². The zero-order valence-electron chi connectivity index (χ0n) is 21.7. The predicted octanol–water partition coefficient (Wildman–Crippen LogP) is 5.65. The van der Waals surface area contributed by atoms with Crippen molar-refractivity contribution in [2.75, 3.05) is 18.1 Å². The highest BCUT2D eigenvalue weighted by molar-refractivity contribution is 6.39. The van der Waals surface area contributed by atoms with Crippen molar-refractivity contribution in [2.24, 2.45) is 0 Å². The number of benzene rings is 3. The SMILES string of the molecule is CCCCOc1ccc(N2C(=O)NC(=O)/C(=C/c3ccc(OCc4cccc(F)c4)c(OCC)c3)C2=O)cc1. The number of rotatable bonds is 11. The molecule has 0 bridgehead atoms. The summed E-state index contributed by atoms with van der Waals surface area (Å²) < 4.78 is 30.7. The van der Waals surface area contributed by atoms with Crippen molar-refractivity contribution in [1.82, 2.24) is 5.32 Å². The number of anilines is 1. The van der Waals surface area contributed by atoms with Crippen LogP contribution in [0.15, 0.2) is 72.3 Å². The van der Waals surface area contributed by atoms with Crippen LogP contribution < -0.4 is 24.4 Å². The highest BCUT2D eigenvalue weighted by atomic mass is 19.1. The summed E-state index contributed by atoms with van der Waals surface area (Å²) >= 11 is 0. The number of nitrogens with zero attached hydrogens (tertiary/aromatic N) is 1. The van der Waals surface area contributed by atoms with E-state index in [0.29, 0.717) is 47.3 Å². The Bertz CT molecular complexity index is 1390. The lowest BCUT2D eigenvalue weighted by molar-refractivity contribution is -0.122. The number of imide groups is 2. The molecule has 0 spiro atoms. The number of carbonyl (C=O) groups is 3. The molecule has 1 heterocycles. The third kappa shape index (κ3) is 6.81. The number of halogens is 1.